The highest BCUT2D eigenvalue weighted by molar-refractivity contribution is 5.79. The second-order valence-electron chi connectivity index (χ2n) is 5.91. The molecule has 6 heteroatoms. The fourth-order valence-electron chi connectivity index (χ4n) is 2.79. The molecule has 1 aromatic carbocycles. The Hall–Kier alpha value is -2.60. The van der Waals surface area contributed by atoms with Crippen molar-refractivity contribution in [2.45, 2.75) is 40.3 Å². The van der Waals surface area contributed by atoms with Crippen molar-refractivity contribution >= 4 is 16.8 Å². The minimum absolute atomic E-state index is 0.184. The number of pyridine rings is 1. The molecule has 0 aliphatic carbocycles. The van der Waals surface area contributed by atoms with E-state index in [9.17, 15) is 4.79 Å². The van der Waals surface area contributed by atoms with E-state index in [2.05, 4.69) is 15.3 Å². The molecule has 0 radical (unpaired) electrons. The average molecular weight is 326 g/mol. The summed E-state index contributed by atoms with van der Waals surface area (Å²) in [5, 5.41) is 3.11. The molecule has 0 amide bonds. The summed E-state index contributed by atoms with van der Waals surface area (Å²) in [5.41, 5.74) is 11.6. The maximum Gasteiger partial charge on any atom is 0.271 e. The summed E-state index contributed by atoms with van der Waals surface area (Å²) in [5.74, 6) is 0.558. The number of nitrogens with two attached hydrogens (primary N) is 1. The third kappa shape index (κ3) is 2.92. The van der Waals surface area contributed by atoms with Crippen LogP contribution >= 0.6 is 0 Å². The normalized spacial score (nSPS) is 11.2. The van der Waals surface area contributed by atoms with Crippen LogP contribution in [0.25, 0.3) is 11.1 Å². The third-order valence-electron chi connectivity index (χ3n) is 4.22. The Bertz CT molecular complexity index is 901. The third-order valence-corrected chi connectivity index (χ3v) is 4.22. The lowest BCUT2D eigenvalue weighted by atomic mass is 10.1. The van der Waals surface area contributed by atoms with Crippen molar-refractivity contribution in [3.8, 4) is 0 Å². The van der Waals surface area contributed by atoms with E-state index in [-0.39, 0.29) is 5.56 Å². The Morgan fingerprint density at radius 3 is 2.71 bits per heavy atom. The summed E-state index contributed by atoms with van der Waals surface area (Å²) in [6.45, 7) is 6.70. The van der Waals surface area contributed by atoms with Crippen molar-refractivity contribution in [3.63, 3.8) is 0 Å². The molecule has 0 fully saturated rings. The maximum absolute atomic E-state index is 12.1. The molecule has 0 atom stereocenters. The molecular weight excluding hydrogens is 304 g/mol. The lowest BCUT2D eigenvalue weighted by Gasteiger charge is -2.09. The summed E-state index contributed by atoms with van der Waals surface area (Å²) in [6, 6.07) is 5.89. The van der Waals surface area contributed by atoms with Gasteiger partial charge in [0.15, 0.2) is 5.58 Å². The van der Waals surface area contributed by atoms with Crippen molar-refractivity contribution in [2.75, 3.05) is 5.32 Å². The zero-order valence-corrected chi connectivity index (χ0v) is 14.2. The van der Waals surface area contributed by atoms with Gasteiger partial charge in [-0.15, -0.1) is 0 Å². The molecular formula is C18H22N4O2. The Morgan fingerprint density at radius 1 is 1.29 bits per heavy atom. The van der Waals surface area contributed by atoms with Gasteiger partial charge in [-0.2, -0.15) is 0 Å². The Labute approximate surface area is 140 Å². The number of H-pyrrole nitrogens is 1. The molecule has 0 aliphatic heterocycles. The minimum atomic E-state index is -0.184. The predicted molar refractivity (Wildman–Crippen MR) is 95.1 cm³/mol. The van der Waals surface area contributed by atoms with E-state index >= 15 is 0 Å². The quantitative estimate of drug-likeness (QED) is 0.670. The summed E-state index contributed by atoms with van der Waals surface area (Å²) in [4.78, 5) is 19.5. The number of aromatic amines is 1. The van der Waals surface area contributed by atoms with Crippen molar-refractivity contribution < 1.29 is 4.42 Å². The van der Waals surface area contributed by atoms with Gasteiger partial charge in [-0.25, -0.2) is 4.98 Å². The molecule has 24 heavy (non-hydrogen) atoms. The average Bonchev–Trinajstić information content (AvgIpc) is 3.02. The highest BCUT2D eigenvalue weighted by Gasteiger charge is 2.11. The van der Waals surface area contributed by atoms with Crippen LogP contribution in [0, 0.1) is 13.8 Å². The highest BCUT2D eigenvalue weighted by atomic mass is 16.3. The number of aromatic nitrogens is 2. The van der Waals surface area contributed by atoms with Gasteiger partial charge in [0.05, 0.1) is 6.54 Å². The van der Waals surface area contributed by atoms with E-state index < -0.39 is 0 Å². The second kappa shape index (κ2) is 6.49. The lowest BCUT2D eigenvalue weighted by Crippen LogP contribution is -2.19. The van der Waals surface area contributed by atoms with E-state index in [1.807, 2.05) is 39.0 Å². The van der Waals surface area contributed by atoms with Crippen LogP contribution in [0.15, 0.2) is 27.4 Å². The molecule has 3 aromatic rings. The number of benzene rings is 1. The van der Waals surface area contributed by atoms with Crippen LogP contribution in [0.4, 0.5) is 5.69 Å². The Kier molecular flexibility index (Phi) is 4.40. The van der Waals surface area contributed by atoms with Crippen molar-refractivity contribution in [1.29, 1.82) is 0 Å². The summed E-state index contributed by atoms with van der Waals surface area (Å²) in [6.07, 6.45) is 0.805. The number of anilines is 1. The van der Waals surface area contributed by atoms with E-state index in [0.717, 1.165) is 39.9 Å². The number of nitrogens with one attached hydrogen (secondary N) is 2. The lowest BCUT2D eigenvalue weighted by molar-refractivity contribution is 0.538. The fourth-order valence-corrected chi connectivity index (χ4v) is 2.79. The SMILES string of the molecule is CCc1cc(NCc2nc3c(C)ccc(C)c3o2)c(=O)[nH]c1CN. The van der Waals surface area contributed by atoms with Crippen molar-refractivity contribution in [2.24, 2.45) is 5.73 Å². The second-order valence-corrected chi connectivity index (χ2v) is 5.91. The predicted octanol–water partition coefficient (Wildman–Crippen LogP) is 2.77. The number of rotatable bonds is 5. The number of fused-ring (bicyclic) bond motifs is 1. The van der Waals surface area contributed by atoms with Gasteiger partial charge in [0, 0.05) is 12.2 Å². The van der Waals surface area contributed by atoms with E-state index in [4.69, 9.17) is 10.2 Å². The molecule has 6 nitrogen and oxygen atoms in total. The molecule has 0 unspecified atom stereocenters. The smallest absolute Gasteiger partial charge is 0.271 e. The van der Waals surface area contributed by atoms with E-state index in [1.54, 1.807) is 0 Å². The van der Waals surface area contributed by atoms with E-state index in [0.29, 0.717) is 24.7 Å². The van der Waals surface area contributed by atoms with Gasteiger partial charge in [0.2, 0.25) is 5.89 Å². The topological polar surface area (TPSA) is 96.9 Å². The number of nitrogens with zero attached hydrogens (tertiary/aromatic N) is 1. The zero-order chi connectivity index (χ0) is 17.3. The molecule has 0 saturated carbocycles. The van der Waals surface area contributed by atoms with E-state index in [1.165, 1.54) is 0 Å². The Morgan fingerprint density at radius 2 is 2.04 bits per heavy atom. The molecule has 4 N–H and O–H groups in total. The first-order valence-corrected chi connectivity index (χ1v) is 8.08. The molecule has 0 bridgehead atoms. The van der Waals surface area contributed by atoms with Crippen LogP contribution in [-0.4, -0.2) is 9.97 Å². The zero-order valence-electron chi connectivity index (χ0n) is 14.2. The van der Waals surface area contributed by atoms with Gasteiger partial charge >= 0.3 is 0 Å². The van der Waals surface area contributed by atoms with Gasteiger partial charge in [0.25, 0.3) is 5.56 Å². The molecule has 0 spiro atoms. The standard InChI is InChI=1S/C18H22N4O2/c1-4-12-7-13(18(23)21-14(12)8-19)20-9-15-22-16-10(2)5-6-11(3)17(16)24-15/h5-7,20H,4,8-9,19H2,1-3H3,(H,21,23). The Balaban J connectivity index is 1.87. The maximum atomic E-state index is 12.1. The van der Waals surface area contributed by atoms with Gasteiger partial charge in [-0.1, -0.05) is 19.1 Å². The highest BCUT2D eigenvalue weighted by Crippen LogP contribution is 2.23. The molecule has 0 aliphatic rings. The molecule has 2 aromatic heterocycles. The number of hydrogen-bond acceptors (Lipinski definition) is 5. The van der Waals surface area contributed by atoms with Gasteiger partial charge in [0.1, 0.15) is 11.2 Å². The largest absolute Gasteiger partial charge is 0.438 e. The molecule has 126 valence electrons. The summed E-state index contributed by atoms with van der Waals surface area (Å²) >= 11 is 0. The van der Waals surface area contributed by atoms with Crippen LogP contribution in [0.1, 0.15) is 35.2 Å². The van der Waals surface area contributed by atoms with Crippen LogP contribution in [0.2, 0.25) is 0 Å². The summed E-state index contributed by atoms with van der Waals surface area (Å²) in [7, 11) is 0. The number of hydrogen-bond donors (Lipinski definition) is 3. The van der Waals surface area contributed by atoms with Crippen LogP contribution in [0.5, 0.6) is 0 Å². The van der Waals surface area contributed by atoms with Gasteiger partial charge in [-0.05, 0) is 43.0 Å². The van der Waals surface area contributed by atoms with Gasteiger partial charge in [-0.3, -0.25) is 4.79 Å². The monoisotopic (exact) mass is 326 g/mol. The molecule has 3 rings (SSSR count). The first-order valence-electron chi connectivity index (χ1n) is 8.08. The van der Waals surface area contributed by atoms with Gasteiger partial charge < -0.3 is 20.5 Å². The van der Waals surface area contributed by atoms with Crippen molar-refractivity contribution in [3.05, 3.63) is 56.8 Å². The molecule has 0 saturated heterocycles. The first kappa shape index (κ1) is 16.3. The number of oxazole rings is 1. The first-order chi connectivity index (χ1) is 11.5. The summed E-state index contributed by atoms with van der Waals surface area (Å²) < 4.78 is 5.84. The minimum Gasteiger partial charge on any atom is -0.438 e. The number of aryl methyl sites for hydroxylation is 3. The van der Waals surface area contributed by atoms with Crippen LogP contribution < -0.4 is 16.6 Å². The van der Waals surface area contributed by atoms with Crippen LogP contribution in [-0.2, 0) is 19.5 Å². The van der Waals surface area contributed by atoms with Crippen LogP contribution in [0.3, 0.4) is 0 Å². The molecule has 2 heterocycles. The van der Waals surface area contributed by atoms with Crippen molar-refractivity contribution in [1.82, 2.24) is 9.97 Å². The fraction of sp³-hybridized carbons (Fsp3) is 0.333.